The molecule has 0 aromatic heterocycles. The van der Waals surface area contributed by atoms with Crippen molar-refractivity contribution in [3.63, 3.8) is 0 Å². The predicted octanol–water partition coefficient (Wildman–Crippen LogP) is 3.24. The van der Waals surface area contributed by atoms with Crippen LogP contribution in [0.25, 0.3) is 0 Å². The highest BCUT2D eigenvalue weighted by atomic mass is 16.5. The van der Waals surface area contributed by atoms with Crippen molar-refractivity contribution in [2.24, 2.45) is 0 Å². The minimum atomic E-state index is 0.563. The van der Waals surface area contributed by atoms with E-state index in [1.807, 2.05) is 31.2 Å². The minimum absolute atomic E-state index is 0.563. The normalized spacial score (nSPS) is 12.2. The second-order valence-corrected chi connectivity index (χ2v) is 4.40. The fraction of sp³-hybridized carbons (Fsp3) is 0.600. The van der Waals surface area contributed by atoms with Crippen LogP contribution in [0.4, 0.5) is 0 Å². The third-order valence-electron chi connectivity index (χ3n) is 2.70. The molecule has 0 aliphatic carbocycles. The van der Waals surface area contributed by atoms with Crippen molar-refractivity contribution in [2.45, 2.75) is 39.7 Å². The largest absolute Gasteiger partial charge is 0.494 e. The Kier molecular flexibility index (Phi) is 7.26. The zero-order valence-corrected chi connectivity index (χ0v) is 11.7. The van der Waals surface area contributed by atoms with Gasteiger partial charge in [0, 0.05) is 18.7 Å². The number of nitrogens with one attached hydrogen (secondary N) is 1. The number of rotatable bonds is 9. The lowest BCUT2D eigenvalue weighted by molar-refractivity contribution is 0.299. The SMILES string of the molecule is CCCC(C)NCCOc1cccc(OCC)c1. The molecule has 0 amide bonds. The van der Waals surface area contributed by atoms with E-state index < -0.39 is 0 Å². The van der Waals surface area contributed by atoms with Crippen LogP contribution in [0.15, 0.2) is 24.3 Å². The van der Waals surface area contributed by atoms with Gasteiger partial charge in [-0.15, -0.1) is 0 Å². The van der Waals surface area contributed by atoms with Crippen molar-refractivity contribution in [1.82, 2.24) is 5.32 Å². The van der Waals surface area contributed by atoms with Crippen LogP contribution in [-0.4, -0.2) is 25.8 Å². The molecule has 102 valence electrons. The van der Waals surface area contributed by atoms with Gasteiger partial charge in [-0.25, -0.2) is 0 Å². The summed E-state index contributed by atoms with van der Waals surface area (Å²) in [6, 6.07) is 8.34. The highest BCUT2D eigenvalue weighted by Gasteiger charge is 2.00. The minimum Gasteiger partial charge on any atom is -0.494 e. The van der Waals surface area contributed by atoms with Crippen LogP contribution in [0.5, 0.6) is 11.5 Å². The summed E-state index contributed by atoms with van der Waals surface area (Å²) in [6.07, 6.45) is 2.42. The van der Waals surface area contributed by atoms with Crippen molar-refractivity contribution >= 4 is 0 Å². The van der Waals surface area contributed by atoms with Gasteiger partial charge in [0.2, 0.25) is 0 Å². The van der Waals surface area contributed by atoms with Gasteiger partial charge in [0.1, 0.15) is 18.1 Å². The van der Waals surface area contributed by atoms with Gasteiger partial charge in [-0.3, -0.25) is 0 Å². The quantitative estimate of drug-likeness (QED) is 0.683. The van der Waals surface area contributed by atoms with Crippen molar-refractivity contribution in [2.75, 3.05) is 19.8 Å². The molecule has 1 N–H and O–H groups in total. The van der Waals surface area contributed by atoms with Crippen LogP contribution < -0.4 is 14.8 Å². The molecule has 0 saturated carbocycles. The molecule has 0 saturated heterocycles. The molecule has 1 atom stereocenters. The van der Waals surface area contributed by atoms with Crippen LogP contribution >= 0.6 is 0 Å². The Bertz CT molecular complexity index is 328. The summed E-state index contributed by atoms with van der Waals surface area (Å²) < 4.78 is 11.1. The first kappa shape index (κ1) is 14.8. The molecule has 0 radical (unpaired) electrons. The topological polar surface area (TPSA) is 30.5 Å². The molecule has 0 spiro atoms. The Morgan fingerprint density at radius 2 is 1.89 bits per heavy atom. The lowest BCUT2D eigenvalue weighted by Gasteiger charge is -2.13. The van der Waals surface area contributed by atoms with Crippen molar-refractivity contribution < 1.29 is 9.47 Å². The van der Waals surface area contributed by atoms with E-state index in [0.717, 1.165) is 18.0 Å². The summed E-state index contributed by atoms with van der Waals surface area (Å²) in [5.41, 5.74) is 0. The summed E-state index contributed by atoms with van der Waals surface area (Å²) in [5, 5.41) is 3.44. The van der Waals surface area contributed by atoms with Gasteiger partial charge in [-0.2, -0.15) is 0 Å². The standard InChI is InChI=1S/C15H25NO2/c1-4-7-13(3)16-10-11-18-15-9-6-8-14(12-15)17-5-2/h6,8-9,12-13,16H,4-5,7,10-11H2,1-3H3. The van der Waals surface area contributed by atoms with Crippen molar-refractivity contribution in [3.05, 3.63) is 24.3 Å². The third kappa shape index (κ3) is 5.92. The predicted molar refractivity (Wildman–Crippen MR) is 75.5 cm³/mol. The molecular weight excluding hydrogens is 226 g/mol. The highest BCUT2D eigenvalue weighted by Crippen LogP contribution is 2.19. The second-order valence-electron chi connectivity index (χ2n) is 4.40. The molecule has 1 aromatic carbocycles. The van der Waals surface area contributed by atoms with E-state index in [2.05, 4.69) is 19.2 Å². The molecule has 18 heavy (non-hydrogen) atoms. The van der Waals surface area contributed by atoms with Crippen LogP contribution in [0, 0.1) is 0 Å². The molecule has 0 bridgehead atoms. The molecule has 1 aromatic rings. The van der Waals surface area contributed by atoms with Crippen molar-refractivity contribution in [3.8, 4) is 11.5 Å². The summed E-state index contributed by atoms with van der Waals surface area (Å²) in [6.45, 7) is 8.63. The average Bonchev–Trinajstić information content (AvgIpc) is 2.36. The van der Waals surface area contributed by atoms with Crippen LogP contribution in [0.1, 0.15) is 33.6 Å². The number of hydrogen-bond donors (Lipinski definition) is 1. The van der Waals surface area contributed by atoms with Gasteiger partial charge in [0.25, 0.3) is 0 Å². The van der Waals surface area contributed by atoms with Gasteiger partial charge in [-0.1, -0.05) is 19.4 Å². The Morgan fingerprint density at radius 1 is 1.17 bits per heavy atom. The van der Waals surface area contributed by atoms with E-state index in [9.17, 15) is 0 Å². The number of hydrogen-bond acceptors (Lipinski definition) is 3. The van der Waals surface area contributed by atoms with Gasteiger partial charge in [-0.05, 0) is 32.4 Å². The van der Waals surface area contributed by atoms with Gasteiger partial charge in [0.15, 0.2) is 0 Å². The Hall–Kier alpha value is -1.22. The molecule has 1 unspecified atom stereocenters. The number of benzene rings is 1. The lowest BCUT2D eigenvalue weighted by Crippen LogP contribution is -2.29. The zero-order valence-electron chi connectivity index (χ0n) is 11.7. The Balaban J connectivity index is 2.24. The highest BCUT2D eigenvalue weighted by molar-refractivity contribution is 5.32. The maximum Gasteiger partial charge on any atom is 0.123 e. The molecule has 0 heterocycles. The summed E-state index contributed by atoms with van der Waals surface area (Å²) in [5.74, 6) is 1.73. The Labute approximate surface area is 110 Å². The first-order chi connectivity index (χ1) is 8.76. The van der Waals surface area contributed by atoms with Crippen LogP contribution in [0.2, 0.25) is 0 Å². The van der Waals surface area contributed by atoms with Gasteiger partial charge >= 0.3 is 0 Å². The van der Waals surface area contributed by atoms with E-state index in [1.165, 1.54) is 12.8 Å². The van der Waals surface area contributed by atoms with E-state index in [0.29, 0.717) is 19.3 Å². The van der Waals surface area contributed by atoms with E-state index in [4.69, 9.17) is 9.47 Å². The molecular formula is C15H25NO2. The second kappa shape index (κ2) is 8.81. The molecule has 3 heteroatoms. The number of ether oxygens (including phenoxy) is 2. The molecule has 0 fully saturated rings. The first-order valence-electron chi connectivity index (χ1n) is 6.85. The van der Waals surface area contributed by atoms with E-state index in [1.54, 1.807) is 0 Å². The maximum atomic E-state index is 5.68. The monoisotopic (exact) mass is 251 g/mol. The fourth-order valence-electron chi connectivity index (χ4n) is 1.83. The van der Waals surface area contributed by atoms with E-state index in [-0.39, 0.29) is 0 Å². The van der Waals surface area contributed by atoms with Crippen LogP contribution in [0.3, 0.4) is 0 Å². The molecule has 0 aliphatic heterocycles. The van der Waals surface area contributed by atoms with E-state index >= 15 is 0 Å². The van der Waals surface area contributed by atoms with Gasteiger partial charge in [0.05, 0.1) is 6.61 Å². The molecule has 3 nitrogen and oxygen atoms in total. The van der Waals surface area contributed by atoms with Crippen molar-refractivity contribution in [1.29, 1.82) is 0 Å². The maximum absolute atomic E-state index is 5.68. The van der Waals surface area contributed by atoms with Gasteiger partial charge < -0.3 is 14.8 Å². The molecule has 0 aliphatic rings. The first-order valence-corrected chi connectivity index (χ1v) is 6.85. The Morgan fingerprint density at radius 3 is 2.56 bits per heavy atom. The third-order valence-corrected chi connectivity index (χ3v) is 2.70. The smallest absolute Gasteiger partial charge is 0.123 e. The fourth-order valence-corrected chi connectivity index (χ4v) is 1.83. The molecule has 1 rings (SSSR count). The average molecular weight is 251 g/mol. The summed E-state index contributed by atoms with van der Waals surface area (Å²) in [7, 11) is 0. The summed E-state index contributed by atoms with van der Waals surface area (Å²) >= 11 is 0. The van der Waals surface area contributed by atoms with Crippen LogP contribution in [-0.2, 0) is 0 Å². The summed E-state index contributed by atoms with van der Waals surface area (Å²) in [4.78, 5) is 0. The lowest BCUT2D eigenvalue weighted by atomic mass is 10.2. The zero-order chi connectivity index (χ0) is 13.2.